The number of amidine groups is 1. The van der Waals surface area contributed by atoms with E-state index in [2.05, 4.69) is 54.9 Å². The van der Waals surface area contributed by atoms with Gasteiger partial charge in [0.15, 0.2) is 5.17 Å². The van der Waals surface area contributed by atoms with Gasteiger partial charge in [-0.2, -0.15) is 0 Å². The van der Waals surface area contributed by atoms with Crippen molar-refractivity contribution in [3.05, 3.63) is 60.0 Å². The van der Waals surface area contributed by atoms with Crippen molar-refractivity contribution in [1.29, 1.82) is 0 Å². The van der Waals surface area contributed by atoms with Gasteiger partial charge in [0.2, 0.25) is 0 Å². The molecule has 4 nitrogen and oxygen atoms in total. The minimum absolute atomic E-state index is 0.174. The number of nitrogens with zero attached hydrogens (tertiary/aromatic N) is 1. The summed E-state index contributed by atoms with van der Waals surface area (Å²) in [5.41, 5.74) is 3.92. The normalized spacial score (nSPS) is 17.4. The predicted molar refractivity (Wildman–Crippen MR) is 115 cm³/mol. The van der Waals surface area contributed by atoms with Crippen molar-refractivity contribution in [2.24, 2.45) is 4.99 Å². The molecule has 0 spiro atoms. The molecule has 2 aromatic rings. The molecule has 1 aliphatic rings. The van der Waals surface area contributed by atoms with Gasteiger partial charge in [0.05, 0.1) is 18.6 Å². The number of aryl methyl sites for hydroxylation is 2. The standard InChI is InChI=1S/C18H14BrIN2O2S/c1-9-3-10(2)5-12(4-9)21-18-22-17(24)15(25-18)8-11-6-13(19)16(23)14(20)7-11/h3-8,23H,1-2H3,(H,21,22,24). The number of carbonyl (C=O) groups excluding carboxylic acids is 1. The summed E-state index contributed by atoms with van der Waals surface area (Å²) in [7, 11) is 0. The molecule has 1 amide bonds. The van der Waals surface area contributed by atoms with Gasteiger partial charge in [-0.1, -0.05) is 6.07 Å². The Balaban J connectivity index is 1.88. The molecular weight excluding hydrogens is 515 g/mol. The van der Waals surface area contributed by atoms with Crippen LogP contribution in [0.15, 0.2) is 44.7 Å². The molecule has 0 radical (unpaired) electrons. The number of halogens is 2. The smallest absolute Gasteiger partial charge is 0.264 e. The number of amides is 1. The van der Waals surface area contributed by atoms with E-state index < -0.39 is 0 Å². The summed E-state index contributed by atoms with van der Waals surface area (Å²) in [6.07, 6.45) is 1.79. The lowest BCUT2D eigenvalue weighted by Crippen LogP contribution is -2.19. The quantitative estimate of drug-likeness (QED) is 0.412. The third-order valence-corrected chi connectivity index (χ3v) is 5.76. The van der Waals surface area contributed by atoms with Crippen LogP contribution in [0, 0.1) is 17.4 Å². The average molecular weight is 529 g/mol. The summed E-state index contributed by atoms with van der Waals surface area (Å²) in [6.45, 7) is 4.04. The second-order valence-electron chi connectivity index (χ2n) is 5.66. The average Bonchev–Trinajstić information content (AvgIpc) is 2.83. The highest BCUT2D eigenvalue weighted by atomic mass is 127. The summed E-state index contributed by atoms with van der Waals surface area (Å²) in [5, 5.41) is 13.2. The van der Waals surface area contributed by atoms with E-state index in [4.69, 9.17) is 0 Å². The first-order valence-corrected chi connectivity index (χ1v) is 10.1. The van der Waals surface area contributed by atoms with Crippen molar-refractivity contribution < 1.29 is 9.90 Å². The summed E-state index contributed by atoms with van der Waals surface area (Å²) >= 11 is 6.67. The third kappa shape index (κ3) is 4.45. The molecule has 7 heteroatoms. The molecule has 25 heavy (non-hydrogen) atoms. The van der Waals surface area contributed by atoms with Crippen LogP contribution in [0.3, 0.4) is 0 Å². The van der Waals surface area contributed by atoms with Gasteiger partial charge in [-0.15, -0.1) is 0 Å². The molecule has 2 N–H and O–H groups in total. The van der Waals surface area contributed by atoms with E-state index in [9.17, 15) is 9.90 Å². The molecule has 1 fully saturated rings. The van der Waals surface area contributed by atoms with E-state index >= 15 is 0 Å². The van der Waals surface area contributed by atoms with Crippen molar-refractivity contribution >= 4 is 73.1 Å². The highest BCUT2D eigenvalue weighted by molar-refractivity contribution is 14.1. The number of carbonyl (C=O) groups is 1. The number of nitrogens with one attached hydrogen (secondary N) is 1. The van der Waals surface area contributed by atoms with Crippen molar-refractivity contribution in [2.75, 3.05) is 0 Å². The Morgan fingerprint density at radius 1 is 1.20 bits per heavy atom. The molecule has 2 aromatic carbocycles. The van der Waals surface area contributed by atoms with Crippen LogP contribution in [0.2, 0.25) is 0 Å². The van der Waals surface area contributed by atoms with E-state index in [0.717, 1.165) is 22.4 Å². The van der Waals surface area contributed by atoms with Crippen molar-refractivity contribution in [1.82, 2.24) is 5.32 Å². The molecule has 0 aromatic heterocycles. The fraction of sp³-hybridized carbons (Fsp3) is 0.111. The number of aliphatic imine (C=N–C) groups is 1. The van der Waals surface area contributed by atoms with Crippen molar-refractivity contribution in [3.8, 4) is 5.75 Å². The minimum atomic E-state index is -0.174. The number of aromatic hydroxyl groups is 1. The lowest BCUT2D eigenvalue weighted by atomic mass is 10.1. The Labute approximate surface area is 172 Å². The zero-order chi connectivity index (χ0) is 18.1. The molecule has 0 aliphatic carbocycles. The molecule has 1 heterocycles. The van der Waals surface area contributed by atoms with Crippen LogP contribution in [0.1, 0.15) is 16.7 Å². The lowest BCUT2D eigenvalue weighted by Gasteiger charge is -2.02. The Hall–Kier alpha value is -1.32. The van der Waals surface area contributed by atoms with Crippen molar-refractivity contribution in [3.63, 3.8) is 0 Å². The summed E-state index contributed by atoms with van der Waals surface area (Å²) in [6, 6.07) is 9.64. The highest BCUT2D eigenvalue weighted by Gasteiger charge is 2.24. The lowest BCUT2D eigenvalue weighted by molar-refractivity contribution is -0.115. The fourth-order valence-corrected chi connectivity index (χ4v) is 4.77. The zero-order valence-corrected chi connectivity index (χ0v) is 18.0. The predicted octanol–water partition coefficient (Wildman–Crippen LogP) is 5.27. The first-order chi connectivity index (χ1) is 11.8. The van der Waals surface area contributed by atoms with Crippen LogP contribution >= 0.6 is 50.3 Å². The fourth-order valence-electron chi connectivity index (χ4n) is 2.43. The molecule has 3 rings (SSSR count). The van der Waals surface area contributed by atoms with E-state index in [1.165, 1.54) is 11.8 Å². The van der Waals surface area contributed by atoms with E-state index in [1.807, 2.05) is 32.0 Å². The van der Waals surface area contributed by atoms with E-state index in [0.29, 0.717) is 18.1 Å². The molecule has 128 valence electrons. The molecule has 0 unspecified atom stereocenters. The monoisotopic (exact) mass is 528 g/mol. The second kappa shape index (κ2) is 7.51. The number of benzene rings is 2. The van der Waals surface area contributed by atoms with Gasteiger partial charge in [-0.05, 0) is 111 Å². The molecule has 1 saturated heterocycles. The van der Waals surface area contributed by atoms with Gasteiger partial charge in [0.1, 0.15) is 5.75 Å². The topological polar surface area (TPSA) is 61.7 Å². The number of hydrogen-bond acceptors (Lipinski definition) is 4. The van der Waals surface area contributed by atoms with E-state index in [-0.39, 0.29) is 11.7 Å². The first-order valence-electron chi connectivity index (χ1n) is 7.38. The third-order valence-electron chi connectivity index (χ3n) is 3.42. The second-order valence-corrected chi connectivity index (χ2v) is 8.71. The van der Waals surface area contributed by atoms with Crippen LogP contribution in [-0.4, -0.2) is 16.2 Å². The Bertz CT molecular complexity index is 897. The van der Waals surface area contributed by atoms with Gasteiger partial charge in [0, 0.05) is 0 Å². The maximum atomic E-state index is 12.2. The maximum Gasteiger partial charge on any atom is 0.264 e. The Morgan fingerprint density at radius 3 is 2.52 bits per heavy atom. The van der Waals surface area contributed by atoms with E-state index in [1.54, 1.807) is 12.1 Å². The summed E-state index contributed by atoms with van der Waals surface area (Å²) in [5.74, 6) is 0.0238. The van der Waals surface area contributed by atoms with Gasteiger partial charge >= 0.3 is 0 Å². The number of phenolic OH excluding ortho intramolecular Hbond substituents is 1. The maximum absolute atomic E-state index is 12.2. The van der Waals surface area contributed by atoms with Crippen LogP contribution in [-0.2, 0) is 4.79 Å². The number of rotatable bonds is 2. The number of hydrogen-bond donors (Lipinski definition) is 2. The van der Waals surface area contributed by atoms with Gasteiger partial charge in [-0.3, -0.25) is 4.79 Å². The largest absolute Gasteiger partial charge is 0.506 e. The minimum Gasteiger partial charge on any atom is -0.506 e. The Morgan fingerprint density at radius 2 is 1.88 bits per heavy atom. The molecule has 0 saturated carbocycles. The zero-order valence-electron chi connectivity index (χ0n) is 13.4. The Kier molecular flexibility index (Phi) is 5.55. The number of phenols is 1. The van der Waals surface area contributed by atoms with Gasteiger partial charge in [0.25, 0.3) is 5.91 Å². The molecule has 0 bridgehead atoms. The molecule has 0 atom stereocenters. The van der Waals surface area contributed by atoms with Crippen LogP contribution in [0.4, 0.5) is 5.69 Å². The van der Waals surface area contributed by atoms with Gasteiger partial charge in [-0.25, -0.2) is 4.99 Å². The SMILES string of the molecule is Cc1cc(C)cc(N=C2NC(=O)C(=Cc3cc(Br)c(O)c(I)c3)S2)c1. The summed E-state index contributed by atoms with van der Waals surface area (Å²) < 4.78 is 1.31. The van der Waals surface area contributed by atoms with Crippen LogP contribution in [0.5, 0.6) is 5.75 Å². The van der Waals surface area contributed by atoms with Crippen LogP contribution < -0.4 is 5.32 Å². The summed E-state index contributed by atoms with van der Waals surface area (Å²) in [4.78, 5) is 17.3. The van der Waals surface area contributed by atoms with Crippen LogP contribution in [0.25, 0.3) is 6.08 Å². The van der Waals surface area contributed by atoms with Crippen molar-refractivity contribution in [2.45, 2.75) is 13.8 Å². The molecular formula is C18H14BrIN2O2S. The van der Waals surface area contributed by atoms with Gasteiger partial charge < -0.3 is 10.4 Å². The first kappa shape index (κ1) is 18.5. The highest BCUT2D eigenvalue weighted by Crippen LogP contribution is 2.33. The molecule has 1 aliphatic heterocycles. The number of thioether (sulfide) groups is 1.